The first-order valence-corrected chi connectivity index (χ1v) is 8.66. The van der Waals surface area contributed by atoms with Gasteiger partial charge < -0.3 is 5.32 Å². The fraction of sp³-hybridized carbons (Fsp3) is 0.200. The third-order valence-electron chi connectivity index (χ3n) is 3.83. The highest BCUT2D eigenvalue weighted by Gasteiger charge is 2.29. The summed E-state index contributed by atoms with van der Waals surface area (Å²) in [5.41, 5.74) is 0.900. The molecule has 3 nitrogen and oxygen atoms in total. The first kappa shape index (κ1) is 18.8. The van der Waals surface area contributed by atoms with Crippen LogP contribution < -0.4 is 5.32 Å². The van der Waals surface area contributed by atoms with E-state index in [2.05, 4.69) is 5.32 Å². The van der Waals surface area contributed by atoms with Gasteiger partial charge in [-0.1, -0.05) is 36.0 Å². The fourth-order valence-electron chi connectivity index (χ4n) is 2.27. The van der Waals surface area contributed by atoms with E-state index in [1.54, 1.807) is 17.5 Å². The standard InChI is InChI=1S/C20H19FN2OS/c1-20(2,16-7-9-18(10-8-16)25-12-4-11-22)19(24)23-14-15-5-3-6-17(21)13-15/h3-10,12-13H,14H2,1-2H3,(H,23,24)/b12-4+. The molecule has 0 aliphatic carbocycles. The molecular formula is C20H19FN2OS. The van der Waals surface area contributed by atoms with Gasteiger partial charge in [-0.15, -0.1) is 0 Å². The van der Waals surface area contributed by atoms with Crippen molar-refractivity contribution in [1.29, 1.82) is 5.26 Å². The van der Waals surface area contributed by atoms with Crippen molar-refractivity contribution in [1.82, 2.24) is 5.32 Å². The van der Waals surface area contributed by atoms with E-state index in [9.17, 15) is 9.18 Å². The zero-order valence-electron chi connectivity index (χ0n) is 14.1. The van der Waals surface area contributed by atoms with Crippen molar-refractivity contribution >= 4 is 17.7 Å². The second-order valence-corrected chi connectivity index (χ2v) is 6.99. The minimum atomic E-state index is -0.709. The van der Waals surface area contributed by atoms with Crippen molar-refractivity contribution in [3.05, 3.63) is 77.0 Å². The molecule has 2 rings (SSSR count). The number of amides is 1. The van der Waals surface area contributed by atoms with Crippen molar-refractivity contribution in [2.75, 3.05) is 0 Å². The Bertz CT molecular complexity index is 807. The van der Waals surface area contributed by atoms with Gasteiger partial charge in [-0.2, -0.15) is 5.26 Å². The number of benzene rings is 2. The van der Waals surface area contributed by atoms with E-state index in [1.807, 2.05) is 44.2 Å². The second-order valence-electron chi connectivity index (χ2n) is 6.01. The lowest BCUT2D eigenvalue weighted by Gasteiger charge is -2.24. The number of halogens is 1. The van der Waals surface area contributed by atoms with Crippen molar-refractivity contribution in [3.8, 4) is 6.07 Å². The van der Waals surface area contributed by atoms with E-state index >= 15 is 0 Å². The highest BCUT2D eigenvalue weighted by Crippen LogP contribution is 2.27. The van der Waals surface area contributed by atoms with E-state index in [0.29, 0.717) is 0 Å². The molecule has 0 bridgehead atoms. The summed E-state index contributed by atoms with van der Waals surface area (Å²) in [6.45, 7) is 3.99. The molecule has 0 saturated carbocycles. The average Bonchev–Trinajstić information content (AvgIpc) is 2.60. The lowest BCUT2D eigenvalue weighted by molar-refractivity contribution is -0.125. The van der Waals surface area contributed by atoms with Crippen LogP contribution in [-0.2, 0) is 16.8 Å². The molecule has 0 saturated heterocycles. The fourth-order valence-corrected chi connectivity index (χ4v) is 2.85. The van der Waals surface area contributed by atoms with E-state index < -0.39 is 5.41 Å². The van der Waals surface area contributed by atoms with E-state index in [0.717, 1.165) is 16.0 Å². The third kappa shape index (κ3) is 5.20. The summed E-state index contributed by atoms with van der Waals surface area (Å²) >= 11 is 1.44. The van der Waals surface area contributed by atoms with Crippen LogP contribution in [0.15, 0.2) is 64.9 Å². The summed E-state index contributed by atoms with van der Waals surface area (Å²) in [5.74, 6) is -0.439. The average molecular weight is 354 g/mol. The van der Waals surface area contributed by atoms with Crippen LogP contribution in [-0.4, -0.2) is 5.91 Å². The van der Waals surface area contributed by atoms with Crippen molar-refractivity contribution in [3.63, 3.8) is 0 Å². The van der Waals surface area contributed by atoms with Gasteiger partial charge in [0.2, 0.25) is 5.91 Å². The molecule has 1 N–H and O–H groups in total. The number of hydrogen-bond donors (Lipinski definition) is 1. The minimum Gasteiger partial charge on any atom is -0.351 e. The third-order valence-corrected chi connectivity index (χ3v) is 4.65. The maximum Gasteiger partial charge on any atom is 0.230 e. The molecule has 0 heterocycles. The Hall–Kier alpha value is -2.58. The molecular weight excluding hydrogens is 335 g/mol. The summed E-state index contributed by atoms with van der Waals surface area (Å²) in [6, 6.07) is 15.8. The number of carbonyl (C=O) groups excluding carboxylic acids is 1. The maximum atomic E-state index is 13.2. The number of thioether (sulfide) groups is 1. The molecule has 5 heteroatoms. The highest BCUT2D eigenvalue weighted by molar-refractivity contribution is 8.02. The highest BCUT2D eigenvalue weighted by atomic mass is 32.2. The number of allylic oxidation sites excluding steroid dienone is 1. The molecule has 0 aliphatic heterocycles. The van der Waals surface area contributed by atoms with Crippen molar-refractivity contribution < 1.29 is 9.18 Å². The quantitative estimate of drug-likeness (QED) is 0.612. The second kappa shape index (κ2) is 8.50. The Morgan fingerprint density at radius 2 is 2.00 bits per heavy atom. The SMILES string of the molecule is CC(C)(C(=O)NCc1cccc(F)c1)c1ccc(S/C=C/C#N)cc1. The molecule has 2 aromatic rings. The zero-order valence-corrected chi connectivity index (χ0v) is 14.9. The van der Waals surface area contributed by atoms with Crippen LogP contribution in [0, 0.1) is 17.1 Å². The zero-order chi connectivity index (χ0) is 18.3. The van der Waals surface area contributed by atoms with Crippen LogP contribution in [0.2, 0.25) is 0 Å². The lowest BCUT2D eigenvalue weighted by Crippen LogP contribution is -2.39. The molecule has 0 unspecified atom stereocenters. The van der Waals surface area contributed by atoms with Gasteiger partial charge in [-0.3, -0.25) is 4.79 Å². The topological polar surface area (TPSA) is 52.9 Å². The van der Waals surface area contributed by atoms with Gasteiger partial charge in [0.15, 0.2) is 0 Å². The molecule has 0 aromatic heterocycles. The van der Waals surface area contributed by atoms with Crippen molar-refractivity contribution in [2.24, 2.45) is 0 Å². The van der Waals surface area contributed by atoms with Crippen LogP contribution in [0.25, 0.3) is 0 Å². The molecule has 0 spiro atoms. The van der Waals surface area contributed by atoms with Crippen LogP contribution in [0.3, 0.4) is 0 Å². The number of hydrogen-bond acceptors (Lipinski definition) is 3. The van der Waals surface area contributed by atoms with Gasteiger partial charge in [0.25, 0.3) is 0 Å². The van der Waals surface area contributed by atoms with Gasteiger partial charge in [0.1, 0.15) is 5.82 Å². The van der Waals surface area contributed by atoms with Crippen LogP contribution in [0.4, 0.5) is 4.39 Å². The van der Waals surface area contributed by atoms with E-state index in [-0.39, 0.29) is 18.3 Å². The Kier molecular flexibility index (Phi) is 6.37. The molecule has 1 amide bonds. The lowest BCUT2D eigenvalue weighted by atomic mass is 9.83. The smallest absolute Gasteiger partial charge is 0.230 e. The predicted molar refractivity (Wildman–Crippen MR) is 98.3 cm³/mol. The Balaban J connectivity index is 2.02. The number of rotatable bonds is 6. The van der Waals surface area contributed by atoms with Gasteiger partial charge in [-0.05, 0) is 54.6 Å². The van der Waals surface area contributed by atoms with Crippen LogP contribution in [0.5, 0.6) is 0 Å². The normalized spacial score (nSPS) is 11.3. The van der Waals surface area contributed by atoms with Crippen molar-refractivity contribution in [2.45, 2.75) is 30.7 Å². The molecule has 0 atom stereocenters. The first-order valence-electron chi connectivity index (χ1n) is 7.78. The summed E-state index contributed by atoms with van der Waals surface area (Å²) in [5, 5.41) is 13.1. The Morgan fingerprint density at radius 3 is 2.64 bits per heavy atom. The summed E-state index contributed by atoms with van der Waals surface area (Å²) in [6.07, 6.45) is 1.42. The molecule has 0 fully saturated rings. The molecule has 2 aromatic carbocycles. The number of nitriles is 1. The van der Waals surface area contributed by atoms with Crippen LogP contribution in [0.1, 0.15) is 25.0 Å². The number of nitrogens with zero attached hydrogens (tertiary/aromatic N) is 1. The van der Waals surface area contributed by atoms with E-state index in [1.165, 1.54) is 30.0 Å². The molecule has 0 radical (unpaired) electrons. The molecule has 25 heavy (non-hydrogen) atoms. The summed E-state index contributed by atoms with van der Waals surface area (Å²) in [4.78, 5) is 13.6. The Labute approximate surface area is 151 Å². The largest absolute Gasteiger partial charge is 0.351 e. The minimum absolute atomic E-state index is 0.124. The number of carbonyl (C=O) groups is 1. The molecule has 0 aliphatic rings. The Morgan fingerprint density at radius 1 is 1.28 bits per heavy atom. The molecule has 128 valence electrons. The number of nitrogens with one attached hydrogen (secondary N) is 1. The van der Waals surface area contributed by atoms with Gasteiger partial charge in [0.05, 0.1) is 11.5 Å². The summed E-state index contributed by atoms with van der Waals surface area (Å²) < 4.78 is 13.2. The maximum absolute atomic E-state index is 13.2. The van der Waals surface area contributed by atoms with Gasteiger partial charge >= 0.3 is 0 Å². The monoisotopic (exact) mass is 354 g/mol. The first-order chi connectivity index (χ1) is 11.9. The van der Waals surface area contributed by atoms with E-state index in [4.69, 9.17) is 5.26 Å². The summed E-state index contributed by atoms with van der Waals surface area (Å²) in [7, 11) is 0. The van der Waals surface area contributed by atoms with Crippen LogP contribution >= 0.6 is 11.8 Å². The van der Waals surface area contributed by atoms with Gasteiger partial charge in [-0.25, -0.2) is 4.39 Å². The predicted octanol–water partition coefficient (Wildman–Crippen LogP) is 4.55. The van der Waals surface area contributed by atoms with Gasteiger partial charge in [0, 0.05) is 17.5 Å².